The molecule has 1 atom stereocenters. The Labute approximate surface area is 200 Å². The zero-order valence-corrected chi connectivity index (χ0v) is 20.3. The summed E-state index contributed by atoms with van der Waals surface area (Å²) in [5.74, 6) is -0.261. The van der Waals surface area contributed by atoms with E-state index in [-0.39, 0.29) is 36.8 Å². The Balaban J connectivity index is 1.77. The van der Waals surface area contributed by atoms with Gasteiger partial charge in [0.25, 0.3) is 5.91 Å². The van der Waals surface area contributed by atoms with Crippen molar-refractivity contribution in [3.63, 3.8) is 0 Å². The van der Waals surface area contributed by atoms with Crippen LogP contribution >= 0.6 is 11.6 Å². The van der Waals surface area contributed by atoms with Crippen molar-refractivity contribution in [1.82, 2.24) is 10.2 Å². The Morgan fingerprint density at radius 1 is 1.15 bits per heavy atom. The fraction of sp³-hybridized carbons (Fsp3) is 0.462. The first kappa shape index (κ1) is 25.0. The third kappa shape index (κ3) is 6.70. The zero-order chi connectivity index (χ0) is 24.0. The standard InChI is InChI=1S/C26H32ClFN2O3/c1-4-23(26(32)29-21-7-5-6-8-21)30(15-19-9-11-20(28)12-10-19)24(31)16-33-22-13-17(2)25(27)18(3)14-22/h9-14,21,23H,4-8,15-16H2,1-3H3,(H,29,32)/t23-/m0/s1. The normalized spacial score (nSPS) is 14.7. The van der Waals surface area contributed by atoms with Gasteiger partial charge < -0.3 is 15.0 Å². The van der Waals surface area contributed by atoms with Crippen LogP contribution in [0.15, 0.2) is 36.4 Å². The Hall–Kier alpha value is -2.60. The molecule has 1 fully saturated rings. The van der Waals surface area contributed by atoms with Crippen LogP contribution in [0.2, 0.25) is 5.02 Å². The van der Waals surface area contributed by atoms with Crippen LogP contribution in [0, 0.1) is 19.7 Å². The molecule has 3 rings (SSSR count). The molecule has 0 unspecified atom stereocenters. The summed E-state index contributed by atoms with van der Waals surface area (Å²) >= 11 is 6.23. The molecule has 2 aromatic carbocycles. The van der Waals surface area contributed by atoms with Gasteiger partial charge in [0, 0.05) is 17.6 Å². The molecule has 1 N–H and O–H groups in total. The number of nitrogens with one attached hydrogen (secondary N) is 1. The van der Waals surface area contributed by atoms with Gasteiger partial charge in [-0.15, -0.1) is 0 Å². The molecule has 2 aromatic rings. The Kier molecular flexibility index (Phi) is 8.73. The molecule has 5 nitrogen and oxygen atoms in total. The number of hydrogen-bond acceptors (Lipinski definition) is 3. The minimum absolute atomic E-state index is 0.155. The number of carbonyl (C=O) groups excluding carboxylic acids is 2. The number of aryl methyl sites for hydroxylation is 2. The van der Waals surface area contributed by atoms with E-state index in [2.05, 4.69) is 5.32 Å². The molecule has 2 amide bonds. The van der Waals surface area contributed by atoms with Gasteiger partial charge in [0.2, 0.25) is 5.91 Å². The summed E-state index contributed by atoms with van der Waals surface area (Å²) in [6.07, 6.45) is 4.60. The van der Waals surface area contributed by atoms with E-state index < -0.39 is 6.04 Å². The molecule has 0 saturated heterocycles. The first-order valence-corrected chi connectivity index (χ1v) is 11.9. The molecule has 0 bridgehead atoms. The fourth-order valence-electron chi connectivity index (χ4n) is 4.29. The smallest absolute Gasteiger partial charge is 0.261 e. The predicted molar refractivity (Wildman–Crippen MR) is 128 cm³/mol. The Morgan fingerprint density at radius 2 is 1.76 bits per heavy atom. The van der Waals surface area contributed by atoms with E-state index in [1.165, 1.54) is 17.0 Å². The van der Waals surface area contributed by atoms with Crippen molar-refractivity contribution >= 4 is 23.4 Å². The van der Waals surface area contributed by atoms with Gasteiger partial charge in [-0.2, -0.15) is 0 Å². The highest BCUT2D eigenvalue weighted by molar-refractivity contribution is 6.32. The average molecular weight is 475 g/mol. The first-order valence-electron chi connectivity index (χ1n) is 11.5. The minimum atomic E-state index is -0.638. The van der Waals surface area contributed by atoms with Crippen LogP contribution in [0.25, 0.3) is 0 Å². The molecule has 1 aliphatic carbocycles. The van der Waals surface area contributed by atoms with Gasteiger partial charge >= 0.3 is 0 Å². The van der Waals surface area contributed by atoms with Crippen molar-refractivity contribution in [3.05, 3.63) is 63.9 Å². The summed E-state index contributed by atoms with van der Waals surface area (Å²) in [5.41, 5.74) is 2.48. The maximum absolute atomic E-state index is 13.4. The van der Waals surface area contributed by atoms with Gasteiger partial charge in [-0.3, -0.25) is 9.59 Å². The molecule has 1 aliphatic rings. The van der Waals surface area contributed by atoms with Gasteiger partial charge in [-0.25, -0.2) is 4.39 Å². The number of rotatable bonds is 9. The fourth-order valence-corrected chi connectivity index (χ4v) is 4.40. The Morgan fingerprint density at radius 3 is 2.33 bits per heavy atom. The number of carbonyl (C=O) groups is 2. The van der Waals surface area contributed by atoms with Crippen LogP contribution in [0.1, 0.15) is 55.7 Å². The van der Waals surface area contributed by atoms with E-state index in [9.17, 15) is 14.0 Å². The zero-order valence-electron chi connectivity index (χ0n) is 19.5. The van der Waals surface area contributed by atoms with E-state index in [4.69, 9.17) is 16.3 Å². The summed E-state index contributed by atoms with van der Waals surface area (Å²) in [6.45, 7) is 5.62. The van der Waals surface area contributed by atoms with Crippen LogP contribution in [0.5, 0.6) is 5.75 Å². The number of halogens is 2. The molecular weight excluding hydrogens is 443 g/mol. The lowest BCUT2D eigenvalue weighted by atomic mass is 10.1. The molecule has 0 spiro atoms. The SMILES string of the molecule is CC[C@@H](C(=O)NC1CCCC1)N(Cc1ccc(F)cc1)C(=O)COc1cc(C)c(Cl)c(C)c1. The summed E-state index contributed by atoms with van der Waals surface area (Å²) in [6, 6.07) is 9.06. The minimum Gasteiger partial charge on any atom is -0.484 e. The summed E-state index contributed by atoms with van der Waals surface area (Å²) < 4.78 is 19.2. The maximum atomic E-state index is 13.4. The topological polar surface area (TPSA) is 58.6 Å². The van der Waals surface area contributed by atoms with Crippen molar-refractivity contribution in [3.8, 4) is 5.75 Å². The van der Waals surface area contributed by atoms with Gasteiger partial charge in [-0.05, 0) is 74.1 Å². The second-order valence-electron chi connectivity index (χ2n) is 8.72. The maximum Gasteiger partial charge on any atom is 0.261 e. The molecule has 1 saturated carbocycles. The van der Waals surface area contributed by atoms with Crippen LogP contribution in [-0.4, -0.2) is 35.4 Å². The van der Waals surface area contributed by atoms with Crippen LogP contribution in [0.3, 0.4) is 0 Å². The number of hydrogen-bond donors (Lipinski definition) is 1. The van der Waals surface area contributed by atoms with Crippen molar-refractivity contribution in [1.29, 1.82) is 0 Å². The Bertz CT molecular complexity index is 951. The molecule has 33 heavy (non-hydrogen) atoms. The lowest BCUT2D eigenvalue weighted by molar-refractivity contribution is -0.143. The van der Waals surface area contributed by atoms with Crippen LogP contribution in [-0.2, 0) is 16.1 Å². The van der Waals surface area contributed by atoms with Crippen LogP contribution in [0.4, 0.5) is 4.39 Å². The van der Waals surface area contributed by atoms with E-state index >= 15 is 0 Å². The van der Waals surface area contributed by atoms with Gasteiger partial charge in [0.15, 0.2) is 6.61 Å². The summed E-state index contributed by atoms with van der Waals surface area (Å²) in [5, 5.41) is 3.77. The molecule has 178 valence electrons. The largest absolute Gasteiger partial charge is 0.484 e. The van der Waals surface area contributed by atoms with Crippen molar-refractivity contribution in [2.45, 2.75) is 71.5 Å². The third-order valence-corrected chi connectivity index (χ3v) is 6.72. The van der Waals surface area contributed by atoms with E-state index in [1.807, 2.05) is 20.8 Å². The average Bonchev–Trinajstić information content (AvgIpc) is 3.29. The van der Waals surface area contributed by atoms with E-state index in [0.717, 1.165) is 42.4 Å². The lowest BCUT2D eigenvalue weighted by Crippen LogP contribution is -2.52. The molecule has 0 aromatic heterocycles. The van der Waals surface area contributed by atoms with Crippen LogP contribution < -0.4 is 10.1 Å². The highest BCUT2D eigenvalue weighted by atomic mass is 35.5. The highest BCUT2D eigenvalue weighted by Gasteiger charge is 2.31. The van der Waals surface area contributed by atoms with E-state index in [1.54, 1.807) is 24.3 Å². The van der Waals surface area contributed by atoms with Crippen molar-refractivity contribution in [2.24, 2.45) is 0 Å². The molecule has 0 aliphatic heterocycles. The molecule has 0 heterocycles. The second kappa shape index (κ2) is 11.5. The predicted octanol–water partition coefficient (Wildman–Crippen LogP) is 5.34. The monoisotopic (exact) mass is 474 g/mol. The van der Waals surface area contributed by atoms with Gasteiger partial charge in [0.1, 0.15) is 17.6 Å². The molecule has 0 radical (unpaired) electrons. The molecule has 7 heteroatoms. The highest BCUT2D eigenvalue weighted by Crippen LogP contribution is 2.26. The lowest BCUT2D eigenvalue weighted by Gasteiger charge is -2.31. The second-order valence-corrected chi connectivity index (χ2v) is 9.10. The summed E-state index contributed by atoms with van der Waals surface area (Å²) in [7, 11) is 0. The third-order valence-electron chi connectivity index (χ3n) is 6.13. The first-order chi connectivity index (χ1) is 15.8. The number of ether oxygens (including phenoxy) is 1. The van der Waals surface area contributed by atoms with E-state index in [0.29, 0.717) is 17.2 Å². The van der Waals surface area contributed by atoms with Crippen molar-refractivity contribution in [2.75, 3.05) is 6.61 Å². The number of nitrogens with zero attached hydrogens (tertiary/aromatic N) is 1. The van der Waals surface area contributed by atoms with Gasteiger partial charge in [0.05, 0.1) is 0 Å². The van der Waals surface area contributed by atoms with Gasteiger partial charge in [-0.1, -0.05) is 43.5 Å². The molecular formula is C26H32ClFN2O3. The summed E-state index contributed by atoms with van der Waals surface area (Å²) in [4.78, 5) is 27.9. The quantitative estimate of drug-likeness (QED) is 0.533. The van der Waals surface area contributed by atoms with Crippen molar-refractivity contribution < 1.29 is 18.7 Å². The number of benzene rings is 2. The number of amides is 2.